The van der Waals surface area contributed by atoms with E-state index in [-0.39, 0.29) is 29.2 Å². The molecule has 144 valence electrons. The summed E-state index contributed by atoms with van der Waals surface area (Å²) in [5, 5.41) is 3.55. The van der Waals surface area contributed by atoms with Crippen LogP contribution in [0.4, 0.5) is 8.78 Å². The van der Waals surface area contributed by atoms with E-state index in [1.165, 1.54) is 26.4 Å². The van der Waals surface area contributed by atoms with E-state index in [1.807, 2.05) is 0 Å². The molecule has 0 radical (unpaired) electrons. The second-order valence-electron chi connectivity index (χ2n) is 6.77. The highest BCUT2D eigenvalue weighted by atomic mass is 19.3. The van der Waals surface area contributed by atoms with Crippen LogP contribution in [-0.4, -0.2) is 56.8 Å². The van der Waals surface area contributed by atoms with Gasteiger partial charge < -0.3 is 24.4 Å². The van der Waals surface area contributed by atoms with Gasteiger partial charge in [-0.05, 0) is 37.8 Å². The van der Waals surface area contributed by atoms with Gasteiger partial charge in [0.25, 0.3) is 5.91 Å². The predicted octanol–water partition coefficient (Wildman–Crippen LogP) is 2.66. The van der Waals surface area contributed by atoms with Crippen LogP contribution in [0.15, 0.2) is 12.1 Å². The van der Waals surface area contributed by atoms with Crippen LogP contribution in [0.1, 0.15) is 36.0 Å². The predicted molar refractivity (Wildman–Crippen MR) is 91.2 cm³/mol. The van der Waals surface area contributed by atoms with Crippen LogP contribution >= 0.6 is 0 Å². The van der Waals surface area contributed by atoms with Gasteiger partial charge in [-0.3, -0.25) is 4.79 Å². The zero-order valence-electron chi connectivity index (χ0n) is 15.1. The van der Waals surface area contributed by atoms with E-state index in [0.717, 1.165) is 25.7 Å². The van der Waals surface area contributed by atoms with Crippen molar-refractivity contribution in [2.75, 3.05) is 21.3 Å². The van der Waals surface area contributed by atoms with E-state index in [4.69, 9.17) is 9.47 Å². The van der Waals surface area contributed by atoms with Crippen molar-refractivity contribution in [2.24, 2.45) is 0 Å². The van der Waals surface area contributed by atoms with Gasteiger partial charge in [0.2, 0.25) is 5.75 Å². The number of nitrogens with one attached hydrogen (secondary N) is 1. The van der Waals surface area contributed by atoms with Crippen molar-refractivity contribution >= 4 is 5.91 Å². The number of hydrogen-bond donors (Lipinski definition) is 1. The largest absolute Gasteiger partial charge is 0.493 e. The second kappa shape index (κ2) is 7.65. The van der Waals surface area contributed by atoms with Gasteiger partial charge in [0, 0.05) is 30.7 Å². The number of carbonyl (C=O) groups is 1. The molecule has 0 aromatic heterocycles. The van der Waals surface area contributed by atoms with Gasteiger partial charge in [-0.15, -0.1) is 0 Å². The Labute approximate surface area is 151 Å². The van der Waals surface area contributed by atoms with Crippen LogP contribution in [0, 0.1) is 0 Å². The minimum atomic E-state index is -3.02. The highest BCUT2D eigenvalue weighted by Gasteiger charge is 2.36. The Morgan fingerprint density at radius 3 is 2.15 bits per heavy atom. The van der Waals surface area contributed by atoms with Crippen LogP contribution in [0.5, 0.6) is 17.2 Å². The highest BCUT2D eigenvalue weighted by molar-refractivity contribution is 5.95. The van der Waals surface area contributed by atoms with Gasteiger partial charge in [0.1, 0.15) is 0 Å². The Morgan fingerprint density at radius 1 is 1.15 bits per heavy atom. The minimum absolute atomic E-state index is 0.0341. The lowest BCUT2D eigenvalue weighted by molar-refractivity contribution is -0.0526. The molecule has 6 nitrogen and oxygen atoms in total. The maximum absolute atomic E-state index is 13.0. The molecule has 2 aliphatic rings. The van der Waals surface area contributed by atoms with Crippen molar-refractivity contribution in [1.82, 2.24) is 10.2 Å². The fraction of sp³-hybridized carbons (Fsp3) is 0.611. The Kier molecular flexibility index (Phi) is 5.50. The molecule has 2 bridgehead atoms. The van der Waals surface area contributed by atoms with Gasteiger partial charge in [-0.1, -0.05) is 0 Å². The Balaban J connectivity index is 1.84. The number of rotatable bonds is 6. The van der Waals surface area contributed by atoms with Crippen LogP contribution in [0.25, 0.3) is 0 Å². The number of nitrogens with zero attached hydrogens (tertiary/aromatic N) is 1. The topological polar surface area (TPSA) is 60.0 Å². The van der Waals surface area contributed by atoms with E-state index in [0.29, 0.717) is 17.6 Å². The van der Waals surface area contributed by atoms with Gasteiger partial charge >= 0.3 is 6.61 Å². The molecule has 2 fully saturated rings. The molecule has 0 saturated carbocycles. The van der Waals surface area contributed by atoms with E-state index in [1.54, 1.807) is 11.9 Å². The van der Waals surface area contributed by atoms with Crippen molar-refractivity contribution in [2.45, 2.75) is 50.4 Å². The number of piperidine rings is 1. The van der Waals surface area contributed by atoms with Gasteiger partial charge in [0.15, 0.2) is 11.5 Å². The molecular weight excluding hydrogens is 346 g/mol. The van der Waals surface area contributed by atoms with E-state index >= 15 is 0 Å². The maximum atomic E-state index is 13.0. The molecule has 26 heavy (non-hydrogen) atoms. The normalized spacial score (nSPS) is 24.5. The van der Waals surface area contributed by atoms with Crippen molar-refractivity contribution in [3.8, 4) is 17.2 Å². The van der Waals surface area contributed by atoms with E-state index in [2.05, 4.69) is 10.1 Å². The van der Waals surface area contributed by atoms with Gasteiger partial charge in [-0.25, -0.2) is 0 Å². The zero-order valence-corrected chi connectivity index (χ0v) is 15.1. The molecule has 1 N–H and O–H groups in total. The lowest BCUT2D eigenvalue weighted by atomic mass is 9.98. The lowest BCUT2D eigenvalue weighted by Gasteiger charge is -2.35. The molecule has 2 unspecified atom stereocenters. The third-order valence-electron chi connectivity index (χ3n) is 5.23. The Hall–Kier alpha value is -2.09. The van der Waals surface area contributed by atoms with Crippen LogP contribution < -0.4 is 19.5 Å². The Morgan fingerprint density at radius 2 is 1.69 bits per heavy atom. The maximum Gasteiger partial charge on any atom is 0.387 e. The highest BCUT2D eigenvalue weighted by Crippen LogP contribution is 2.40. The number of halogens is 2. The number of ether oxygens (including phenoxy) is 3. The smallest absolute Gasteiger partial charge is 0.387 e. The van der Waals surface area contributed by atoms with Crippen molar-refractivity contribution in [3.05, 3.63) is 17.7 Å². The number of amides is 1. The second-order valence-corrected chi connectivity index (χ2v) is 6.77. The summed E-state index contributed by atoms with van der Waals surface area (Å²) in [6.07, 6.45) is 4.12. The fourth-order valence-corrected chi connectivity index (χ4v) is 3.92. The first-order valence-electron chi connectivity index (χ1n) is 8.67. The average Bonchev–Trinajstić information content (AvgIpc) is 2.97. The summed E-state index contributed by atoms with van der Waals surface area (Å²) >= 11 is 0. The zero-order chi connectivity index (χ0) is 18.8. The summed E-state index contributed by atoms with van der Waals surface area (Å²) < 4.78 is 40.0. The number of hydrogen-bond acceptors (Lipinski definition) is 5. The molecule has 1 aromatic carbocycles. The third kappa shape index (κ3) is 3.70. The lowest BCUT2D eigenvalue weighted by Crippen LogP contribution is -2.48. The Bertz CT molecular complexity index is 634. The van der Waals surface area contributed by atoms with Crippen LogP contribution in [0.3, 0.4) is 0 Å². The third-order valence-corrected chi connectivity index (χ3v) is 5.23. The first-order chi connectivity index (χ1) is 12.4. The standard InChI is InChI=1S/C18H24F2N2O4/c1-22(13-8-11-4-5-12(9-13)21-11)17(23)10-6-14(24-2)16(26-18(19)20)15(7-10)25-3/h6-7,11-13,18,21H,4-5,8-9H2,1-3H3. The van der Waals surface area contributed by atoms with E-state index in [9.17, 15) is 13.6 Å². The van der Waals surface area contributed by atoms with Gasteiger partial charge in [-0.2, -0.15) is 8.78 Å². The monoisotopic (exact) mass is 370 g/mol. The summed E-state index contributed by atoms with van der Waals surface area (Å²) in [6, 6.07) is 3.89. The first kappa shape index (κ1) is 18.7. The molecule has 2 saturated heterocycles. The van der Waals surface area contributed by atoms with Crippen LogP contribution in [-0.2, 0) is 0 Å². The average molecular weight is 370 g/mol. The molecule has 0 spiro atoms. The van der Waals surface area contributed by atoms with Crippen molar-refractivity contribution < 1.29 is 27.8 Å². The van der Waals surface area contributed by atoms with E-state index < -0.39 is 6.61 Å². The summed E-state index contributed by atoms with van der Waals surface area (Å²) in [4.78, 5) is 14.7. The minimum Gasteiger partial charge on any atom is -0.493 e. The summed E-state index contributed by atoms with van der Waals surface area (Å²) in [7, 11) is 4.44. The molecule has 1 aromatic rings. The molecular formula is C18H24F2N2O4. The number of methoxy groups -OCH3 is 2. The SMILES string of the molecule is COc1cc(C(=O)N(C)C2CC3CCC(C2)N3)cc(OC)c1OC(F)F. The number of carbonyl (C=O) groups excluding carboxylic acids is 1. The number of benzene rings is 1. The molecule has 2 atom stereocenters. The van der Waals surface area contributed by atoms with Gasteiger partial charge in [0.05, 0.1) is 14.2 Å². The summed E-state index contributed by atoms with van der Waals surface area (Å²) in [6.45, 7) is -3.02. The number of fused-ring (bicyclic) bond motifs is 2. The molecule has 2 aliphatic heterocycles. The van der Waals surface area contributed by atoms with Crippen molar-refractivity contribution in [3.63, 3.8) is 0 Å². The summed E-state index contributed by atoms with van der Waals surface area (Å²) in [5.74, 6) is -0.348. The molecule has 1 amide bonds. The molecule has 3 rings (SSSR count). The van der Waals surface area contributed by atoms with Crippen molar-refractivity contribution in [1.29, 1.82) is 0 Å². The molecule has 0 aliphatic carbocycles. The molecule has 8 heteroatoms. The first-order valence-corrected chi connectivity index (χ1v) is 8.67. The quantitative estimate of drug-likeness (QED) is 0.834. The number of alkyl halides is 2. The molecule has 2 heterocycles. The van der Waals surface area contributed by atoms with Crippen LogP contribution in [0.2, 0.25) is 0 Å². The summed E-state index contributed by atoms with van der Waals surface area (Å²) in [5.41, 5.74) is 0.314. The fourth-order valence-electron chi connectivity index (χ4n) is 3.92.